The van der Waals surface area contributed by atoms with E-state index in [9.17, 15) is 4.79 Å². The van der Waals surface area contributed by atoms with Crippen LogP contribution in [0.5, 0.6) is 0 Å². The lowest BCUT2D eigenvalue weighted by Crippen LogP contribution is -2.44. The number of nitrogens with one attached hydrogen (secondary N) is 1. The van der Waals surface area contributed by atoms with Crippen LogP contribution in [0.4, 0.5) is 17.5 Å². The van der Waals surface area contributed by atoms with Crippen LogP contribution in [-0.2, 0) is 11.5 Å². The fraction of sp³-hybridized carbons (Fsp3) is 0.533. The largest absolute Gasteiger partial charge is 0.412 e. The Hall–Kier alpha value is -3.24. The first-order chi connectivity index (χ1) is 19.0. The Kier molecular flexibility index (Phi) is 6.73. The van der Waals surface area contributed by atoms with Crippen molar-refractivity contribution in [3.05, 3.63) is 47.0 Å². The number of hydrogen-bond donors (Lipinski definition) is 1. The molecule has 40 heavy (non-hydrogen) atoms. The van der Waals surface area contributed by atoms with Gasteiger partial charge >= 0.3 is 0 Å². The van der Waals surface area contributed by atoms with Crippen molar-refractivity contribution in [3.63, 3.8) is 0 Å². The Morgan fingerprint density at radius 2 is 1.77 bits per heavy atom. The first kappa shape index (κ1) is 27.0. The molecule has 1 N–H and O–H groups in total. The Morgan fingerprint density at radius 3 is 2.48 bits per heavy atom. The SMILES string of the molecule is Cn1c(=O)ccc2c3cnc(Nc4ccc(N5CC[C@@H](O[Si](C)(C)C(C)(C)C)C5)cn4)nc3n(C3CCCC3)c21. The van der Waals surface area contributed by atoms with Gasteiger partial charge in [-0.3, -0.25) is 9.36 Å². The average Bonchev–Trinajstić information content (AvgIpc) is 3.65. The molecule has 0 amide bonds. The first-order valence-electron chi connectivity index (χ1n) is 14.5. The van der Waals surface area contributed by atoms with Crippen LogP contribution in [0.2, 0.25) is 18.1 Å². The number of aryl methyl sites for hydroxylation is 1. The minimum Gasteiger partial charge on any atom is -0.412 e. The monoisotopic (exact) mass is 559 g/mol. The van der Waals surface area contributed by atoms with E-state index in [2.05, 4.69) is 64.7 Å². The normalized spacial score (nSPS) is 18.9. The average molecular weight is 560 g/mol. The molecule has 2 aliphatic rings. The molecule has 0 spiro atoms. The molecule has 0 aromatic carbocycles. The fourth-order valence-corrected chi connectivity index (χ4v) is 7.34. The van der Waals surface area contributed by atoms with Crippen LogP contribution in [0.25, 0.3) is 22.1 Å². The van der Waals surface area contributed by atoms with Crippen molar-refractivity contribution < 1.29 is 4.43 Å². The number of pyridine rings is 2. The summed E-state index contributed by atoms with van der Waals surface area (Å²) in [4.78, 5) is 29.1. The van der Waals surface area contributed by atoms with Gasteiger partial charge < -0.3 is 19.2 Å². The standard InChI is InChI=1S/C30H41N7O2Si/c1-30(2,3)40(5,6)39-22-15-16-36(19-22)21-11-13-25(31-17-21)33-29-32-18-24-23-12-14-26(38)35(4)28(23)37(27(24)34-29)20-9-7-8-10-20/h11-14,17-18,20,22H,7-10,15-16,19H2,1-6H3,(H,31,32,33,34)/t22-/m1/s1. The molecule has 0 radical (unpaired) electrons. The lowest BCUT2D eigenvalue weighted by molar-refractivity contribution is 0.202. The maximum absolute atomic E-state index is 12.5. The van der Waals surface area contributed by atoms with E-state index in [1.54, 1.807) is 10.6 Å². The van der Waals surface area contributed by atoms with Crippen LogP contribution in [-0.4, -0.2) is 51.6 Å². The summed E-state index contributed by atoms with van der Waals surface area (Å²) in [7, 11) is 0.0552. The van der Waals surface area contributed by atoms with Crippen molar-refractivity contribution in [2.45, 2.75) is 83.2 Å². The molecule has 1 atom stereocenters. The van der Waals surface area contributed by atoms with E-state index >= 15 is 0 Å². The molecule has 0 unspecified atom stereocenters. The minimum atomic E-state index is -1.79. The molecule has 4 aromatic rings. The molecule has 1 saturated carbocycles. The molecule has 212 valence electrons. The Bertz CT molecular complexity index is 1600. The number of aromatic nitrogens is 5. The van der Waals surface area contributed by atoms with E-state index in [4.69, 9.17) is 9.41 Å². The van der Waals surface area contributed by atoms with Crippen molar-refractivity contribution in [1.82, 2.24) is 24.1 Å². The summed E-state index contributed by atoms with van der Waals surface area (Å²) < 4.78 is 10.7. The maximum Gasteiger partial charge on any atom is 0.251 e. The second kappa shape index (κ2) is 9.99. The zero-order valence-corrected chi connectivity index (χ0v) is 25.6. The predicted octanol–water partition coefficient (Wildman–Crippen LogP) is 6.14. The third-order valence-electron chi connectivity index (χ3n) is 9.25. The highest BCUT2D eigenvalue weighted by molar-refractivity contribution is 6.74. The number of fused-ring (bicyclic) bond motifs is 3. The lowest BCUT2D eigenvalue weighted by atomic mass is 10.2. The van der Waals surface area contributed by atoms with Gasteiger partial charge in [-0.2, -0.15) is 4.98 Å². The van der Waals surface area contributed by atoms with Gasteiger partial charge in [-0.15, -0.1) is 0 Å². The third-order valence-corrected chi connectivity index (χ3v) is 13.8. The molecule has 1 saturated heterocycles. The van der Waals surface area contributed by atoms with Gasteiger partial charge in [-0.1, -0.05) is 33.6 Å². The topological polar surface area (TPSA) is 90.1 Å². The summed E-state index contributed by atoms with van der Waals surface area (Å²) in [5, 5.41) is 5.50. The molecule has 9 nitrogen and oxygen atoms in total. The third kappa shape index (κ3) is 4.81. The van der Waals surface area contributed by atoms with Gasteiger partial charge in [0.05, 0.1) is 18.0 Å². The highest BCUT2D eigenvalue weighted by Crippen LogP contribution is 2.39. The van der Waals surface area contributed by atoms with Crippen molar-refractivity contribution in [2.75, 3.05) is 23.3 Å². The molecule has 5 heterocycles. The van der Waals surface area contributed by atoms with Crippen LogP contribution in [0, 0.1) is 0 Å². The summed E-state index contributed by atoms with van der Waals surface area (Å²) in [6.45, 7) is 13.4. The van der Waals surface area contributed by atoms with Crippen LogP contribution in [0.15, 0.2) is 41.5 Å². The summed E-state index contributed by atoms with van der Waals surface area (Å²) >= 11 is 0. The Balaban J connectivity index is 1.22. The zero-order chi connectivity index (χ0) is 28.2. The maximum atomic E-state index is 12.5. The number of hydrogen-bond acceptors (Lipinski definition) is 7. The Labute approximate surface area is 236 Å². The van der Waals surface area contributed by atoms with Gasteiger partial charge in [0.25, 0.3) is 5.56 Å². The summed E-state index contributed by atoms with van der Waals surface area (Å²) in [5.74, 6) is 1.20. The van der Waals surface area contributed by atoms with Crippen molar-refractivity contribution in [3.8, 4) is 0 Å². The second-order valence-electron chi connectivity index (χ2n) is 13.0. The van der Waals surface area contributed by atoms with E-state index in [1.165, 1.54) is 12.8 Å². The minimum absolute atomic E-state index is 0.0129. The molecule has 6 rings (SSSR count). The smallest absolute Gasteiger partial charge is 0.251 e. The van der Waals surface area contributed by atoms with Crippen LogP contribution in [0.3, 0.4) is 0 Å². The fourth-order valence-electron chi connectivity index (χ4n) is 5.96. The van der Waals surface area contributed by atoms with E-state index < -0.39 is 8.32 Å². The highest BCUT2D eigenvalue weighted by atomic mass is 28.4. The summed E-state index contributed by atoms with van der Waals surface area (Å²) in [5.41, 5.74) is 2.87. The molecule has 10 heteroatoms. The molecule has 0 bridgehead atoms. The van der Waals surface area contributed by atoms with E-state index in [0.717, 1.165) is 60.1 Å². The van der Waals surface area contributed by atoms with Gasteiger partial charge in [-0.05, 0) is 55.6 Å². The number of rotatable bonds is 6. The van der Waals surface area contributed by atoms with E-state index in [-0.39, 0.29) is 16.7 Å². The second-order valence-corrected chi connectivity index (χ2v) is 17.7. The van der Waals surface area contributed by atoms with Crippen molar-refractivity contribution >= 4 is 47.8 Å². The van der Waals surface area contributed by atoms with Crippen molar-refractivity contribution in [1.29, 1.82) is 0 Å². The number of nitrogens with zero attached hydrogens (tertiary/aromatic N) is 6. The van der Waals surface area contributed by atoms with Crippen molar-refractivity contribution in [2.24, 2.45) is 7.05 Å². The summed E-state index contributed by atoms with van der Waals surface area (Å²) in [6, 6.07) is 7.95. The molecular weight excluding hydrogens is 518 g/mol. The predicted molar refractivity (Wildman–Crippen MR) is 164 cm³/mol. The number of anilines is 3. The van der Waals surface area contributed by atoms with Crippen LogP contribution in [0.1, 0.15) is 58.9 Å². The zero-order valence-electron chi connectivity index (χ0n) is 24.6. The molecule has 2 fully saturated rings. The molecule has 1 aliphatic carbocycles. The lowest BCUT2D eigenvalue weighted by Gasteiger charge is -2.38. The summed E-state index contributed by atoms with van der Waals surface area (Å²) in [6.07, 6.45) is 9.67. The van der Waals surface area contributed by atoms with Gasteiger partial charge in [0.2, 0.25) is 5.95 Å². The first-order valence-corrected chi connectivity index (χ1v) is 17.5. The van der Waals surface area contributed by atoms with Crippen LogP contribution >= 0.6 is 0 Å². The van der Waals surface area contributed by atoms with Gasteiger partial charge in [0.15, 0.2) is 8.32 Å². The van der Waals surface area contributed by atoms with Gasteiger partial charge in [-0.25, -0.2) is 9.97 Å². The van der Waals surface area contributed by atoms with Gasteiger partial charge in [0, 0.05) is 49.2 Å². The molecule has 4 aromatic heterocycles. The van der Waals surface area contributed by atoms with Gasteiger partial charge in [0.1, 0.15) is 17.1 Å². The van der Waals surface area contributed by atoms with Crippen LogP contribution < -0.4 is 15.8 Å². The molecular formula is C30H41N7O2Si. The van der Waals surface area contributed by atoms with E-state index in [0.29, 0.717) is 17.8 Å². The Morgan fingerprint density at radius 1 is 1.00 bits per heavy atom. The van der Waals surface area contributed by atoms with E-state index in [1.807, 2.05) is 31.6 Å². The molecule has 1 aliphatic heterocycles. The highest BCUT2D eigenvalue weighted by Gasteiger charge is 2.40. The quantitative estimate of drug-likeness (QED) is 0.284.